The number of nitrogens with one attached hydrogen (secondary N) is 1. The summed E-state index contributed by atoms with van der Waals surface area (Å²) in [5.74, 6) is 0. The maximum absolute atomic E-state index is 4.62. The van der Waals surface area contributed by atoms with E-state index < -0.39 is 0 Å². The first-order valence-corrected chi connectivity index (χ1v) is 7.88. The van der Waals surface area contributed by atoms with Crippen LogP contribution in [0, 0.1) is 13.8 Å². The fourth-order valence-electron chi connectivity index (χ4n) is 2.74. The third-order valence-corrected chi connectivity index (χ3v) is 4.69. The van der Waals surface area contributed by atoms with Crippen molar-refractivity contribution in [2.45, 2.75) is 46.1 Å². The summed E-state index contributed by atoms with van der Waals surface area (Å²) >= 11 is 1.76. The molecule has 2 heterocycles. The molecule has 0 aromatic carbocycles. The van der Waals surface area contributed by atoms with E-state index in [1.165, 1.54) is 36.3 Å². The zero-order valence-electron chi connectivity index (χ0n) is 11.7. The Hall–Kier alpha value is -1.13. The molecule has 2 aromatic rings. The van der Waals surface area contributed by atoms with Crippen LogP contribution in [0.15, 0.2) is 17.8 Å². The molecular weight excluding hydrogens is 254 g/mol. The summed E-state index contributed by atoms with van der Waals surface area (Å²) in [6.45, 7) is 6.22. The highest BCUT2D eigenvalue weighted by molar-refractivity contribution is 7.17. The number of aryl methyl sites for hydroxylation is 2. The van der Waals surface area contributed by atoms with Crippen LogP contribution < -0.4 is 5.32 Å². The van der Waals surface area contributed by atoms with Crippen molar-refractivity contribution in [3.05, 3.63) is 34.1 Å². The van der Waals surface area contributed by atoms with E-state index in [1.807, 2.05) is 0 Å². The van der Waals surface area contributed by atoms with E-state index in [0.717, 1.165) is 23.7 Å². The van der Waals surface area contributed by atoms with Gasteiger partial charge in [-0.05, 0) is 46.1 Å². The van der Waals surface area contributed by atoms with Crippen molar-refractivity contribution < 1.29 is 0 Å². The predicted octanol–water partition coefficient (Wildman–Crippen LogP) is 3.60. The molecular formula is C15H21N3S. The standard InChI is InChI=1S/C15H21N3S/c1-11-10-18-14(12(2)17-15(18)19-11)9-16-8-7-13-5-3-4-6-13/h5,10,16H,3-4,6-9H2,1-2H3. The minimum Gasteiger partial charge on any atom is -0.311 e. The Morgan fingerprint density at radius 2 is 2.32 bits per heavy atom. The number of hydrogen-bond acceptors (Lipinski definition) is 3. The summed E-state index contributed by atoms with van der Waals surface area (Å²) in [6, 6.07) is 0. The Morgan fingerprint density at radius 3 is 3.11 bits per heavy atom. The van der Waals surface area contributed by atoms with E-state index in [2.05, 4.69) is 40.8 Å². The second kappa shape index (κ2) is 5.47. The lowest BCUT2D eigenvalue weighted by Gasteiger charge is -2.06. The second-order valence-corrected chi connectivity index (χ2v) is 6.53. The predicted molar refractivity (Wildman–Crippen MR) is 80.8 cm³/mol. The van der Waals surface area contributed by atoms with Gasteiger partial charge in [-0.1, -0.05) is 11.6 Å². The van der Waals surface area contributed by atoms with E-state index in [0.29, 0.717) is 0 Å². The number of aromatic nitrogens is 2. The van der Waals surface area contributed by atoms with Crippen LogP contribution in [-0.4, -0.2) is 15.9 Å². The van der Waals surface area contributed by atoms with Crippen LogP contribution in [0.5, 0.6) is 0 Å². The first-order chi connectivity index (χ1) is 9.24. The van der Waals surface area contributed by atoms with E-state index >= 15 is 0 Å². The average Bonchev–Trinajstić information content (AvgIpc) is 3.03. The number of allylic oxidation sites excluding steroid dienone is 1. The maximum Gasteiger partial charge on any atom is 0.194 e. The molecule has 0 spiro atoms. The van der Waals surface area contributed by atoms with Gasteiger partial charge in [0.1, 0.15) is 0 Å². The molecule has 1 aliphatic rings. The highest BCUT2D eigenvalue weighted by atomic mass is 32.1. The summed E-state index contributed by atoms with van der Waals surface area (Å²) in [6.07, 6.45) is 9.74. The molecule has 1 N–H and O–H groups in total. The van der Waals surface area contributed by atoms with Crippen LogP contribution in [-0.2, 0) is 6.54 Å². The maximum atomic E-state index is 4.62. The van der Waals surface area contributed by atoms with Crippen molar-refractivity contribution in [2.75, 3.05) is 6.54 Å². The molecule has 102 valence electrons. The van der Waals surface area contributed by atoms with Crippen LogP contribution in [0.25, 0.3) is 4.96 Å². The largest absolute Gasteiger partial charge is 0.311 e. The normalized spacial score (nSPS) is 15.4. The minimum absolute atomic E-state index is 0.913. The van der Waals surface area contributed by atoms with Crippen molar-refractivity contribution in [3.63, 3.8) is 0 Å². The van der Waals surface area contributed by atoms with Gasteiger partial charge in [0.25, 0.3) is 0 Å². The lowest BCUT2D eigenvalue weighted by molar-refractivity contribution is 0.659. The summed E-state index contributed by atoms with van der Waals surface area (Å²) in [7, 11) is 0. The lowest BCUT2D eigenvalue weighted by Crippen LogP contribution is -2.16. The van der Waals surface area contributed by atoms with Gasteiger partial charge in [0, 0.05) is 17.6 Å². The molecule has 0 bridgehead atoms. The Morgan fingerprint density at radius 1 is 1.42 bits per heavy atom. The van der Waals surface area contributed by atoms with Gasteiger partial charge in [-0.25, -0.2) is 4.98 Å². The van der Waals surface area contributed by atoms with Crippen LogP contribution in [0.3, 0.4) is 0 Å². The summed E-state index contributed by atoms with van der Waals surface area (Å²) in [5, 5.41) is 3.56. The molecule has 0 saturated heterocycles. The minimum atomic E-state index is 0.913. The fourth-order valence-corrected chi connectivity index (χ4v) is 3.63. The van der Waals surface area contributed by atoms with Crippen LogP contribution in [0.2, 0.25) is 0 Å². The molecule has 1 aliphatic carbocycles. The molecule has 0 radical (unpaired) electrons. The third kappa shape index (κ3) is 2.74. The smallest absolute Gasteiger partial charge is 0.194 e. The van der Waals surface area contributed by atoms with Gasteiger partial charge in [0.15, 0.2) is 4.96 Å². The molecule has 3 rings (SSSR count). The zero-order chi connectivity index (χ0) is 13.2. The van der Waals surface area contributed by atoms with Crippen molar-refractivity contribution in [1.29, 1.82) is 0 Å². The summed E-state index contributed by atoms with van der Waals surface area (Å²) in [4.78, 5) is 7.06. The van der Waals surface area contributed by atoms with Gasteiger partial charge < -0.3 is 5.32 Å². The van der Waals surface area contributed by atoms with Crippen molar-refractivity contribution in [2.24, 2.45) is 0 Å². The van der Waals surface area contributed by atoms with Gasteiger partial charge in [0.05, 0.1) is 11.4 Å². The van der Waals surface area contributed by atoms with E-state index in [-0.39, 0.29) is 0 Å². The van der Waals surface area contributed by atoms with E-state index in [4.69, 9.17) is 0 Å². The molecule has 0 amide bonds. The van der Waals surface area contributed by atoms with Crippen molar-refractivity contribution in [3.8, 4) is 0 Å². The summed E-state index contributed by atoms with van der Waals surface area (Å²) in [5.41, 5.74) is 4.09. The first kappa shape index (κ1) is 12.9. The molecule has 0 atom stereocenters. The highest BCUT2D eigenvalue weighted by Gasteiger charge is 2.10. The van der Waals surface area contributed by atoms with E-state index in [1.54, 1.807) is 16.9 Å². The number of rotatable bonds is 5. The van der Waals surface area contributed by atoms with Crippen molar-refractivity contribution >= 4 is 16.3 Å². The van der Waals surface area contributed by atoms with Gasteiger partial charge in [-0.2, -0.15) is 0 Å². The Balaban J connectivity index is 1.59. The van der Waals surface area contributed by atoms with Gasteiger partial charge in [0.2, 0.25) is 0 Å². The molecule has 0 saturated carbocycles. The monoisotopic (exact) mass is 275 g/mol. The molecule has 19 heavy (non-hydrogen) atoms. The average molecular weight is 275 g/mol. The quantitative estimate of drug-likeness (QED) is 0.667. The number of thiazole rings is 1. The number of imidazole rings is 1. The molecule has 0 aliphatic heterocycles. The number of hydrogen-bond donors (Lipinski definition) is 1. The van der Waals surface area contributed by atoms with Gasteiger partial charge in [-0.3, -0.25) is 4.40 Å². The first-order valence-electron chi connectivity index (χ1n) is 7.06. The third-order valence-electron chi connectivity index (χ3n) is 3.79. The Kier molecular flexibility index (Phi) is 3.71. The zero-order valence-corrected chi connectivity index (χ0v) is 12.5. The van der Waals surface area contributed by atoms with Gasteiger partial charge >= 0.3 is 0 Å². The van der Waals surface area contributed by atoms with Crippen LogP contribution in [0.4, 0.5) is 0 Å². The molecule has 0 fully saturated rings. The van der Waals surface area contributed by atoms with Gasteiger partial charge in [-0.15, -0.1) is 11.3 Å². The number of fused-ring (bicyclic) bond motifs is 1. The van der Waals surface area contributed by atoms with Crippen LogP contribution >= 0.6 is 11.3 Å². The lowest BCUT2D eigenvalue weighted by atomic mass is 10.2. The fraction of sp³-hybridized carbons (Fsp3) is 0.533. The van der Waals surface area contributed by atoms with E-state index in [9.17, 15) is 0 Å². The van der Waals surface area contributed by atoms with Crippen LogP contribution in [0.1, 0.15) is 41.9 Å². The second-order valence-electron chi connectivity index (χ2n) is 5.32. The molecule has 2 aromatic heterocycles. The Bertz CT molecular complexity index is 606. The number of nitrogens with zero attached hydrogens (tertiary/aromatic N) is 2. The SMILES string of the molecule is Cc1cn2c(CNCCC3=CCCC3)c(C)nc2s1. The molecule has 0 unspecified atom stereocenters. The summed E-state index contributed by atoms with van der Waals surface area (Å²) < 4.78 is 2.23. The topological polar surface area (TPSA) is 29.3 Å². The molecule has 4 heteroatoms. The van der Waals surface area contributed by atoms with Crippen molar-refractivity contribution in [1.82, 2.24) is 14.7 Å². The Labute approximate surface area is 118 Å². The highest BCUT2D eigenvalue weighted by Crippen LogP contribution is 2.21. The molecule has 3 nitrogen and oxygen atoms in total.